The zero-order valence-electron chi connectivity index (χ0n) is 11.6. The molecule has 0 aliphatic rings. The number of rotatable bonds is 10. The van der Waals surface area contributed by atoms with Gasteiger partial charge in [-0.3, -0.25) is 0 Å². The molecule has 6 nitrogen and oxygen atoms in total. The first-order valence-corrected chi connectivity index (χ1v) is 6.36. The van der Waals surface area contributed by atoms with E-state index in [1.54, 1.807) is 19.2 Å². The number of anilines is 1. The van der Waals surface area contributed by atoms with Crippen LogP contribution in [0.4, 0.5) is 5.69 Å². The highest BCUT2D eigenvalue weighted by Gasteiger charge is 2.04. The Balaban J connectivity index is 2.23. The van der Waals surface area contributed by atoms with Gasteiger partial charge < -0.3 is 24.7 Å². The first-order chi connectivity index (χ1) is 9.27. The summed E-state index contributed by atoms with van der Waals surface area (Å²) in [7, 11) is 1.65. The van der Waals surface area contributed by atoms with E-state index in [-0.39, 0.29) is 0 Å². The number of nitrogen functional groups attached to an aromatic ring is 1. The standard InChI is InChI=1S/C13H22N2O4/c1-3-18-13-11(14)5-6-12(15-13)19-8-4-7-17-10-9-16-2/h5-6H,3-4,7-10,14H2,1-2H3. The molecule has 19 heavy (non-hydrogen) atoms. The molecule has 0 amide bonds. The summed E-state index contributed by atoms with van der Waals surface area (Å²) in [5.74, 6) is 0.922. The quantitative estimate of drug-likeness (QED) is 0.649. The normalized spacial score (nSPS) is 10.4. The van der Waals surface area contributed by atoms with E-state index in [4.69, 9.17) is 24.7 Å². The molecule has 1 aromatic rings. The summed E-state index contributed by atoms with van der Waals surface area (Å²) in [4.78, 5) is 4.18. The van der Waals surface area contributed by atoms with Crippen molar-refractivity contribution < 1.29 is 18.9 Å². The SMILES string of the molecule is CCOc1nc(OCCCOCCOC)ccc1N. The monoisotopic (exact) mass is 270 g/mol. The first-order valence-electron chi connectivity index (χ1n) is 6.36. The summed E-state index contributed by atoms with van der Waals surface area (Å²) >= 11 is 0. The molecule has 0 atom stereocenters. The number of nitrogens with zero attached hydrogens (tertiary/aromatic N) is 1. The van der Waals surface area contributed by atoms with Crippen molar-refractivity contribution in [3.63, 3.8) is 0 Å². The Morgan fingerprint density at radius 2 is 1.95 bits per heavy atom. The number of aromatic nitrogens is 1. The van der Waals surface area contributed by atoms with Crippen LogP contribution in [0.3, 0.4) is 0 Å². The maximum atomic E-state index is 5.72. The zero-order valence-corrected chi connectivity index (χ0v) is 11.6. The van der Waals surface area contributed by atoms with E-state index in [2.05, 4.69) is 4.98 Å². The fraction of sp³-hybridized carbons (Fsp3) is 0.615. The van der Waals surface area contributed by atoms with Crippen LogP contribution in [-0.2, 0) is 9.47 Å². The third-order valence-corrected chi connectivity index (χ3v) is 2.26. The molecule has 0 aliphatic carbocycles. The van der Waals surface area contributed by atoms with Gasteiger partial charge in [-0.1, -0.05) is 0 Å². The Bertz CT molecular complexity index is 360. The van der Waals surface area contributed by atoms with Gasteiger partial charge in [0.25, 0.3) is 0 Å². The van der Waals surface area contributed by atoms with E-state index >= 15 is 0 Å². The molecule has 0 unspecified atom stereocenters. The van der Waals surface area contributed by atoms with Crippen LogP contribution in [0, 0.1) is 0 Å². The number of hydrogen-bond donors (Lipinski definition) is 1. The van der Waals surface area contributed by atoms with Crippen LogP contribution in [0.5, 0.6) is 11.8 Å². The minimum absolute atomic E-state index is 0.413. The van der Waals surface area contributed by atoms with Crippen LogP contribution in [-0.4, -0.2) is 45.1 Å². The van der Waals surface area contributed by atoms with E-state index in [0.717, 1.165) is 6.42 Å². The molecule has 0 aromatic carbocycles. The number of pyridine rings is 1. The van der Waals surface area contributed by atoms with Gasteiger partial charge in [0.15, 0.2) is 0 Å². The highest BCUT2D eigenvalue weighted by atomic mass is 16.5. The zero-order chi connectivity index (χ0) is 13.9. The molecule has 1 heterocycles. The summed E-state index contributed by atoms with van der Waals surface area (Å²) in [6, 6.07) is 3.45. The van der Waals surface area contributed by atoms with Gasteiger partial charge in [0.05, 0.1) is 32.1 Å². The smallest absolute Gasteiger partial charge is 0.240 e. The second kappa shape index (κ2) is 9.41. The van der Waals surface area contributed by atoms with Gasteiger partial charge in [-0.2, -0.15) is 4.98 Å². The van der Waals surface area contributed by atoms with Gasteiger partial charge in [-0.05, 0) is 13.0 Å². The van der Waals surface area contributed by atoms with Crippen molar-refractivity contribution in [3.8, 4) is 11.8 Å². The molecular weight excluding hydrogens is 248 g/mol. The maximum Gasteiger partial charge on any atom is 0.240 e. The number of methoxy groups -OCH3 is 1. The summed E-state index contributed by atoms with van der Waals surface area (Å²) in [5, 5.41) is 0. The van der Waals surface area contributed by atoms with Crippen molar-refractivity contribution in [1.82, 2.24) is 4.98 Å². The van der Waals surface area contributed by atoms with Gasteiger partial charge >= 0.3 is 0 Å². The molecule has 0 saturated carbocycles. The van der Waals surface area contributed by atoms with E-state index in [1.165, 1.54) is 0 Å². The lowest BCUT2D eigenvalue weighted by Gasteiger charge is -2.09. The Hall–Kier alpha value is -1.53. The lowest BCUT2D eigenvalue weighted by Crippen LogP contribution is -2.08. The van der Waals surface area contributed by atoms with Crippen molar-refractivity contribution in [1.29, 1.82) is 0 Å². The van der Waals surface area contributed by atoms with Crippen molar-refractivity contribution in [2.75, 3.05) is 45.9 Å². The van der Waals surface area contributed by atoms with Crippen LogP contribution in [0.15, 0.2) is 12.1 Å². The van der Waals surface area contributed by atoms with Gasteiger partial charge in [0.2, 0.25) is 11.8 Å². The predicted molar refractivity (Wildman–Crippen MR) is 72.6 cm³/mol. The first kappa shape index (κ1) is 15.5. The van der Waals surface area contributed by atoms with Crippen molar-refractivity contribution in [2.45, 2.75) is 13.3 Å². The van der Waals surface area contributed by atoms with E-state index < -0.39 is 0 Å². The molecule has 2 N–H and O–H groups in total. The number of nitrogens with two attached hydrogens (primary N) is 1. The summed E-state index contributed by atoms with van der Waals surface area (Å²) < 4.78 is 21.0. The topological polar surface area (TPSA) is 75.8 Å². The van der Waals surface area contributed by atoms with Gasteiger partial charge in [0.1, 0.15) is 0 Å². The van der Waals surface area contributed by atoms with Crippen molar-refractivity contribution in [3.05, 3.63) is 12.1 Å². The van der Waals surface area contributed by atoms with Crippen LogP contribution in [0.1, 0.15) is 13.3 Å². The maximum absolute atomic E-state index is 5.72. The minimum Gasteiger partial charge on any atom is -0.477 e. The van der Waals surface area contributed by atoms with Crippen molar-refractivity contribution >= 4 is 5.69 Å². The third-order valence-electron chi connectivity index (χ3n) is 2.26. The molecule has 0 aliphatic heterocycles. The molecule has 6 heteroatoms. The van der Waals surface area contributed by atoms with Gasteiger partial charge in [-0.15, -0.1) is 0 Å². The minimum atomic E-state index is 0.413. The summed E-state index contributed by atoms with van der Waals surface area (Å²) in [6.45, 7) is 4.79. The third kappa shape index (κ3) is 6.26. The number of hydrogen-bond acceptors (Lipinski definition) is 6. The summed E-state index contributed by atoms with van der Waals surface area (Å²) in [6.07, 6.45) is 0.791. The fourth-order valence-electron chi connectivity index (χ4n) is 1.35. The molecule has 0 bridgehead atoms. The van der Waals surface area contributed by atoms with Gasteiger partial charge in [-0.25, -0.2) is 0 Å². The van der Waals surface area contributed by atoms with E-state index in [1.807, 2.05) is 6.92 Å². The molecule has 0 saturated heterocycles. The molecule has 0 fully saturated rings. The average Bonchev–Trinajstić information content (AvgIpc) is 2.41. The summed E-state index contributed by atoms with van der Waals surface area (Å²) in [5.41, 5.74) is 6.23. The highest BCUT2D eigenvalue weighted by Crippen LogP contribution is 2.21. The highest BCUT2D eigenvalue weighted by molar-refractivity contribution is 5.49. The lowest BCUT2D eigenvalue weighted by atomic mass is 10.4. The molecule has 1 rings (SSSR count). The van der Waals surface area contributed by atoms with E-state index in [9.17, 15) is 0 Å². The lowest BCUT2D eigenvalue weighted by molar-refractivity contribution is 0.0641. The Labute approximate surface area is 113 Å². The molecule has 1 aromatic heterocycles. The fourth-order valence-corrected chi connectivity index (χ4v) is 1.35. The molecule has 0 radical (unpaired) electrons. The Morgan fingerprint density at radius 1 is 1.11 bits per heavy atom. The second-order valence-corrected chi connectivity index (χ2v) is 3.78. The average molecular weight is 270 g/mol. The van der Waals surface area contributed by atoms with Gasteiger partial charge in [0, 0.05) is 26.2 Å². The van der Waals surface area contributed by atoms with E-state index in [0.29, 0.717) is 50.5 Å². The predicted octanol–water partition coefficient (Wildman–Crippen LogP) is 1.49. The Kier molecular flexibility index (Phi) is 7.69. The molecular formula is C13H22N2O4. The van der Waals surface area contributed by atoms with Crippen LogP contribution in [0.25, 0.3) is 0 Å². The second-order valence-electron chi connectivity index (χ2n) is 3.78. The van der Waals surface area contributed by atoms with Crippen LogP contribution < -0.4 is 15.2 Å². The molecule has 0 spiro atoms. The van der Waals surface area contributed by atoms with Crippen LogP contribution >= 0.6 is 0 Å². The van der Waals surface area contributed by atoms with Crippen molar-refractivity contribution in [2.24, 2.45) is 0 Å². The Morgan fingerprint density at radius 3 is 2.68 bits per heavy atom. The molecule has 108 valence electrons. The number of ether oxygens (including phenoxy) is 4. The largest absolute Gasteiger partial charge is 0.477 e. The van der Waals surface area contributed by atoms with Crippen LogP contribution in [0.2, 0.25) is 0 Å².